The zero-order valence-corrected chi connectivity index (χ0v) is 14.7. The minimum atomic E-state index is 0.129. The molecule has 0 saturated carbocycles. The molecule has 0 spiro atoms. The highest BCUT2D eigenvalue weighted by atomic mass is 16.1. The Hall–Kier alpha value is -1.93. The summed E-state index contributed by atoms with van der Waals surface area (Å²) in [6.45, 7) is 4.80. The quantitative estimate of drug-likeness (QED) is 0.424. The predicted octanol–water partition coefficient (Wildman–Crippen LogP) is 5.08. The van der Waals surface area contributed by atoms with E-state index in [1.54, 1.807) is 0 Å². The molecule has 1 unspecified atom stereocenters. The lowest BCUT2D eigenvalue weighted by molar-refractivity contribution is -0.112. The Kier molecular flexibility index (Phi) is 8.26. The second-order valence-corrected chi connectivity index (χ2v) is 6.53. The van der Waals surface area contributed by atoms with E-state index in [2.05, 4.69) is 60.4 Å². The highest BCUT2D eigenvalue weighted by Gasteiger charge is 2.14. The third-order valence-electron chi connectivity index (χ3n) is 4.36. The van der Waals surface area contributed by atoms with Crippen LogP contribution in [0.3, 0.4) is 0 Å². The molecule has 0 bridgehead atoms. The summed E-state index contributed by atoms with van der Waals surface area (Å²) in [5, 5.41) is 0. The Balaban J connectivity index is 2.02. The van der Waals surface area contributed by atoms with Gasteiger partial charge >= 0.3 is 0 Å². The smallest absolute Gasteiger partial charge is 0.124 e. The van der Waals surface area contributed by atoms with Gasteiger partial charge in [0.15, 0.2) is 0 Å². The van der Waals surface area contributed by atoms with Crippen molar-refractivity contribution in [3.63, 3.8) is 0 Å². The van der Waals surface area contributed by atoms with Crippen LogP contribution in [0.5, 0.6) is 0 Å². The third kappa shape index (κ3) is 6.67. The molecular weight excluding hydrogens is 294 g/mol. The number of aldehydes is 1. The summed E-state index contributed by atoms with van der Waals surface area (Å²) in [7, 11) is 0. The maximum Gasteiger partial charge on any atom is 0.124 e. The van der Waals surface area contributed by atoms with E-state index in [1.807, 2.05) is 12.1 Å². The second kappa shape index (κ2) is 10.8. The number of hydrogen-bond donors (Lipinski definition) is 0. The van der Waals surface area contributed by atoms with Gasteiger partial charge in [0.1, 0.15) is 6.29 Å². The van der Waals surface area contributed by atoms with Gasteiger partial charge in [-0.25, -0.2) is 0 Å². The third-order valence-corrected chi connectivity index (χ3v) is 4.36. The molecule has 128 valence electrons. The van der Waals surface area contributed by atoms with Gasteiger partial charge in [0.2, 0.25) is 0 Å². The average molecular weight is 323 g/mol. The zero-order chi connectivity index (χ0) is 17.0. The van der Waals surface area contributed by atoms with E-state index in [0.29, 0.717) is 0 Å². The van der Waals surface area contributed by atoms with E-state index < -0.39 is 0 Å². The molecule has 0 radical (unpaired) electrons. The van der Waals surface area contributed by atoms with Crippen molar-refractivity contribution in [1.29, 1.82) is 0 Å². The Morgan fingerprint density at radius 1 is 0.875 bits per heavy atom. The molecule has 0 amide bonds. The molecule has 2 aromatic rings. The lowest BCUT2D eigenvalue weighted by Gasteiger charge is -2.25. The van der Waals surface area contributed by atoms with E-state index in [0.717, 1.165) is 38.8 Å². The summed E-state index contributed by atoms with van der Waals surface area (Å²) < 4.78 is 0. The van der Waals surface area contributed by atoms with Gasteiger partial charge in [-0.15, -0.1) is 0 Å². The van der Waals surface area contributed by atoms with Gasteiger partial charge in [0.25, 0.3) is 0 Å². The topological polar surface area (TPSA) is 20.3 Å². The summed E-state index contributed by atoms with van der Waals surface area (Å²) in [4.78, 5) is 13.9. The molecular formula is C22H29NO. The van der Waals surface area contributed by atoms with Crippen molar-refractivity contribution >= 4 is 6.29 Å². The zero-order valence-electron chi connectivity index (χ0n) is 14.7. The second-order valence-electron chi connectivity index (χ2n) is 6.53. The van der Waals surface area contributed by atoms with Crippen LogP contribution >= 0.6 is 0 Å². The van der Waals surface area contributed by atoms with Gasteiger partial charge < -0.3 is 4.79 Å². The number of carbonyl (C=O) groups is 1. The maximum absolute atomic E-state index is 11.5. The Labute approximate surface area is 146 Å². The maximum atomic E-state index is 11.5. The Morgan fingerprint density at radius 3 is 1.88 bits per heavy atom. The van der Waals surface area contributed by atoms with E-state index in [1.165, 1.54) is 24.0 Å². The SMILES string of the molecule is CCCCCC(C=O)CN(Cc1ccccc1)Cc1ccccc1. The van der Waals surface area contributed by atoms with Crippen LogP contribution in [-0.4, -0.2) is 17.7 Å². The lowest BCUT2D eigenvalue weighted by atomic mass is 10.0. The van der Waals surface area contributed by atoms with Crippen LogP contribution in [0.4, 0.5) is 0 Å². The average Bonchev–Trinajstić information content (AvgIpc) is 2.62. The van der Waals surface area contributed by atoms with Gasteiger partial charge in [-0.05, 0) is 17.5 Å². The monoisotopic (exact) mass is 323 g/mol. The highest BCUT2D eigenvalue weighted by Crippen LogP contribution is 2.15. The van der Waals surface area contributed by atoms with Crippen LogP contribution in [0.15, 0.2) is 60.7 Å². The molecule has 1 atom stereocenters. The molecule has 2 rings (SSSR count). The van der Waals surface area contributed by atoms with Crippen molar-refractivity contribution in [3.8, 4) is 0 Å². The van der Waals surface area contributed by atoms with Crippen LogP contribution in [-0.2, 0) is 17.9 Å². The predicted molar refractivity (Wildman–Crippen MR) is 101 cm³/mol. The lowest BCUT2D eigenvalue weighted by Crippen LogP contribution is -2.29. The molecule has 0 aromatic heterocycles. The van der Waals surface area contributed by atoms with Crippen LogP contribution < -0.4 is 0 Å². The van der Waals surface area contributed by atoms with Crippen molar-refractivity contribution in [2.75, 3.05) is 6.54 Å². The summed E-state index contributed by atoms with van der Waals surface area (Å²) in [5.41, 5.74) is 2.60. The molecule has 24 heavy (non-hydrogen) atoms. The first-order chi connectivity index (χ1) is 11.8. The fraction of sp³-hybridized carbons (Fsp3) is 0.409. The van der Waals surface area contributed by atoms with Gasteiger partial charge in [-0.1, -0.05) is 86.8 Å². The van der Waals surface area contributed by atoms with Crippen LogP contribution in [0.2, 0.25) is 0 Å². The molecule has 2 aromatic carbocycles. The van der Waals surface area contributed by atoms with E-state index in [-0.39, 0.29) is 5.92 Å². The van der Waals surface area contributed by atoms with Gasteiger partial charge in [-0.3, -0.25) is 4.90 Å². The number of rotatable bonds is 11. The van der Waals surface area contributed by atoms with Crippen LogP contribution in [0, 0.1) is 5.92 Å². The van der Waals surface area contributed by atoms with Crippen molar-refractivity contribution < 1.29 is 4.79 Å². The van der Waals surface area contributed by atoms with Crippen molar-refractivity contribution in [1.82, 2.24) is 4.90 Å². The van der Waals surface area contributed by atoms with Crippen molar-refractivity contribution in [2.24, 2.45) is 5.92 Å². The number of unbranched alkanes of at least 4 members (excludes halogenated alkanes) is 2. The largest absolute Gasteiger partial charge is 0.303 e. The summed E-state index contributed by atoms with van der Waals surface area (Å²) in [5.74, 6) is 0.129. The molecule has 0 heterocycles. The minimum Gasteiger partial charge on any atom is -0.303 e. The Bertz CT molecular complexity index is 526. The van der Waals surface area contributed by atoms with Crippen LogP contribution in [0.25, 0.3) is 0 Å². The van der Waals surface area contributed by atoms with E-state index in [9.17, 15) is 4.79 Å². The van der Waals surface area contributed by atoms with Crippen molar-refractivity contribution in [2.45, 2.75) is 45.7 Å². The molecule has 2 heteroatoms. The highest BCUT2D eigenvalue weighted by molar-refractivity contribution is 5.53. The number of nitrogens with zero attached hydrogens (tertiary/aromatic N) is 1. The van der Waals surface area contributed by atoms with Gasteiger partial charge in [0, 0.05) is 25.6 Å². The van der Waals surface area contributed by atoms with Gasteiger partial charge in [-0.2, -0.15) is 0 Å². The number of benzene rings is 2. The van der Waals surface area contributed by atoms with Crippen molar-refractivity contribution in [3.05, 3.63) is 71.8 Å². The summed E-state index contributed by atoms with van der Waals surface area (Å²) >= 11 is 0. The molecule has 0 aliphatic heterocycles. The number of carbonyl (C=O) groups excluding carboxylic acids is 1. The molecule has 0 N–H and O–H groups in total. The standard InChI is InChI=1S/C22H29NO/c1-2-3-6-15-22(19-24)18-23(16-20-11-7-4-8-12-20)17-21-13-9-5-10-14-21/h4-5,7-14,19,22H,2-3,6,15-18H2,1H3. The van der Waals surface area contributed by atoms with E-state index in [4.69, 9.17) is 0 Å². The molecule has 0 saturated heterocycles. The minimum absolute atomic E-state index is 0.129. The molecule has 0 fully saturated rings. The first kappa shape index (κ1) is 18.4. The summed E-state index contributed by atoms with van der Waals surface area (Å²) in [6.07, 6.45) is 5.70. The van der Waals surface area contributed by atoms with Crippen LogP contribution in [0.1, 0.15) is 43.7 Å². The van der Waals surface area contributed by atoms with E-state index >= 15 is 0 Å². The fourth-order valence-electron chi connectivity index (χ4n) is 3.06. The normalized spacial score (nSPS) is 12.2. The molecule has 0 aliphatic rings. The molecule has 0 aliphatic carbocycles. The molecule has 2 nitrogen and oxygen atoms in total. The first-order valence-corrected chi connectivity index (χ1v) is 9.07. The van der Waals surface area contributed by atoms with Gasteiger partial charge in [0.05, 0.1) is 0 Å². The number of hydrogen-bond acceptors (Lipinski definition) is 2. The Morgan fingerprint density at radius 2 is 1.42 bits per heavy atom. The fourth-order valence-corrected chi connectivity index (χ4v) is 3.06. The summed E-state index contributed by atoms with van der Waals surface area (Å²) in [6, 6.07) is 21.0. The first-order valence-electron chi connectivity index (χ1n) is 9.07.